The van der Waals surface area contributed by atoms with Crippen LogP contribution in [0.15, 0.2) is 88.8 Å². The first kappa shape index (κ1) is 19.1. The number of benzene rings is 2. The van der Waals surface area contributed by atoms with E-state index in [2.05, 4.69) is 35.8 Å². The molecule has 10 heteroatoms. The molecule has 0 aliphatic rings. The van der Waals surface area contributed by atoms with Crippen LogP contribution in [0.2, 0.25) is 0 Å². The topological polar surface area (TPSA) is 99.0 Å². The molecule has 0 spiro atoms. The van der Waals surface area contributed by atoms with Gasteiger partial charge in [-0.25, -0.2) is 13.4 Å². The van der Waals surface area contributed by atoms with Crippen molar-refractivity contribution in [2.24, 2.45) is 0 Å². The van der Waals surface area contributed by atoms with Gasteiger partial charge in [0.25, 0.3) is 10.0 Å². The highest BCUT2D eigenvalue weighted by Gasteiger charge is 2.17. The molecule has 4 aromatic rings. The summed E-state index contributed by atoms with van der Waals surface area (Å²) in [7, 11) is -3.71. The number of rotatable bonds is 6. The van der Waals surface area contributed by atoms with E-state index in [4.69, 9.17) is 4.74 Å². The summed E-state index contributed by atoms with van der Waals surface area (Å²) in [5.74, 6) is 1.43. The van der Waals surface area contributed by atoms with E-state index in [0.29, 0.717) is 27.6 Å². The molecule has 8 nitrogen and oxygen atoms in total. The monoisotopic (exact) mass is 471 g/mol. The van der Waals surface area contributed by atoms with Gasteiger partial charge < -0.3 is 4.74 Å². The van der Waals surface area contributed by atoms with Gasteiger partial charge in [0, 0.05) is 28.6 Å². The van der Waals surface area contributed by atoms with Crippen LogP contribution >= 0.6 is 15.9 Å². The van der Waals surface area contributed by atoms with Crippen LogP contribution in [-0.4, -0.2) is 28.2 Å². The lowest BCUT2D eigenvalue weighted by atomic mass is 10.3. The van der Waals surface area contributed by atoms with Crippen molar-refractivity contribution in [3.05, 3.63) is 83.9 Å². The summed E-state index contributed by atoms with van der Waals surface area (Å²) in [4.78, 5) is 4.12. The molecule has 0 radical (unpaired) electrons. The van der Waals surface area contributed by atoms with Crippen LogP contribution in [0.1, 0.15) is 0 Å². The van der Waals surface area contributed by atoms with Crippen LogP contribution < -0.4 is 9.46 Å². The summed E-state index contributed by atoms with van der Waals surface area (Å²) in [5, 5.41) is 8.10. The van der Waals surface area contributed by atoms with Crippen molar-refractivity contribution < 1.29 is 13.2 Å². The SMILES string of the molecule is O=S(=O)(Nc1ccc(Oc2ccc(-n3ccnc3)nn2)cc1)c1ccccc1Br. The minimum atomic E-state index is -3.71. The van der Waals surface area contributed by atoms with Crippen molar-refractivity contribution in [1.29, 1.82) is 0 Å². The van der Waals surface area contributed by atoms with Gasteiger partial charge in [-0.05, 0) is 58.4 Å². The number of anilines is 1. The quantitative estimate of drug-likeness (QED) is 0.455. The molecule has 0 amide bonds. The van der Waals surface area contributed by atoms with E-state index in [9.17, 15) is 8.42 Å². The summed E-state index contributed by atoms with van der Waals surface area (Å²) >= 11 is 3.25. The van der Waals surface area contributed by atoms with E-state index < -0.39 is 10.0 Å². The Morgan fingerprint density at radius 3 is 2.41 bits per heavy atom. The lowest BCUT2D eigenvalue weighted by molar-refractivity contribution is 0.454. The Labute approximate surface area is 175 Å². The molecule has 2 heterocycles. The third-order valence-electron chi connectivity index (χ3n) is 3.85. The highest BCUT2D eigenvalue weighted by atomic mass is 79.9. The minimum absolute atomic E-state index is 0.161. The molecule has 0 saturated heterocycles. The Morgan fingerprint density at radius 1 is 0.966 bits per heavy atom. The van der Waals surface area contributed by atoms with Crippen molar-refractivity contribution in [2.45, 2.75) is 4.90 Å². The van der Waals surface area contributed by atoms with E-state index in [1.165, 1.54) is 6.07 Å². The normalized spacial score (nSPS) is 11.2. The lowest BCUT2D eigenvalue weighted by Crippen LogP contribution is -2.13. The van der Waals surface area contributed by atoms with E-state index in [0.717, 1.165) is 0 Å². The number of ether oxygens (including phenoxy) is 1. The molecule has 29 heavy (non-hydrogen) atoms. The first-order valence-corrected chi connectivity index (χ1v) is 10.7. The molecule has 0 aliphatic heterocycles. The van der Waals surface area contributed by atoms with Crippen LogP contribution in [0.4, 0.5) is 5.69 Å². The maximum atomic E-state index is 12.5. The summed E-state index contributed by atoms with van der Waals surface area (Å²) in [6.45, 7) is 0. The Balaban J connectivity index is 1.45. The Kier molecular flexibility index (Phi) is 5.28. The number of halogens is 1. The van der Waals surface area contributed by atoms with Crippen molar-refractivity contribution in [3.63, 3.8) is 0 Å². The van der Waals surface area contributed by atoms with Gasteiger partial charge >= 0.3 is 0 Å². The summed E-state index contributed by atoms with van der Waals surface area (Å²) in [5.41, 5.74) is 0.412. The van der Waals surface area contributed by atoms with Crippen LogP contribution in [0.3, 0.4) is 0 Å². The molecule has 2 aromatic carbocycles. The number of hydrogen-bond acceptors (Lipinski definition) is 6. The van der Waals surface area contributed by atoms with E-state index in [1.807, 2.05) is 0 Å². The predicted octanol–water partition coefficient (Wildman–Crippen LogP) is 4.02. The first-order chi connectivity index (χ1) is 14.0. The Morgan fingerprint density at radius 2 is 1.76 bits per heavy atom. The molecule has 0 saturated carbocycles. The first-order valence-electron chi connectivity index (χ1n) is 8.39. The highest BCUT2D eigenvalue weighted by Crippen LogP contribution is 2.26. The zero-order chi connectivity index (χ0) is 20.3. The maximum absolute atomic E-state index is 12.5. The van der Waals surface area contributed by atoms with Crippen molar-refractivity contribution in [3.8, 4) is 17.4 Å². The van der Waals surface area contributed by atoms with E-state index in [1.54, 1.807) is 77.9 Å². The molecular formula is C19H14BrN5O3S. The standard InChI is InChI=1S/C19H14BrN5O3S/c20-16-3-1-2-4-17(16)29(26,27)24-14-5-7-15(8-6-14)28-19-10-9-18(22-23-19)25-12-11-21-13-25/h1-13,24H. The zero-order valence-electron chi connectivity index (χ0n) is 14.8. The number of imidazole rings is 1. The Hall–Kier alpha value is -3.24. The van der Waals surface area contributed by atoms with Crippen LogP contribution in [-0.2, 0) is 10.0 Å². The molecule has 0 fully saturated rings. The summed E-state index contributed by atoms with van der Waals surface area (Å²) in [6.07, 6.45) is 5.04. The zero-order valence-corrected chi connectivity index (χ0v) is 17.2. The Bertz CT molecular complexity index is 1210. The number of nitrogens with one attached hydrogen (secondary N) is 1. The lowest BCUT2D eigenvalue weighted by Gasteiger charge is -2.10. The molecule has 2 aromatic heterocycles. The maximum Gasteiger partial charge on any atom is 0.263 e. The third kappa shape index (κ3) is 4.44. The van der Waals surface area contributed by atoms with Crippen LogP contribution in [0.25, 0.3) is 5.82 Å². The van der Waals surface area contributed by atoms with Gasteiger partial charge in [0.2, 0.25) is 5.88 Å². The fourth-order valence-electron chi connectivity index (χ4n) is 2.48. The smallest absolute Gasteiger partial charge is 0.263 e. The number of nitrogens with zero attached hydrogens (tertiary/aromatic N) is 4. The van der Waals surface area contributed by atoms with Gasteiger partial charge in [0.05, 0.1) is 0 Å². The van der Waals surface area contributed by atoms with Crippen molar-refractivity contribution in [2.75, 3.05) is 4.72 Å². The van der Waals surface area contributed by atoms with Crippen LogP contribution in [0.5, 0.6) is 11.6 Å². The molecular weight excluding hydrogens is 458 g/mol. The largest absolute Gasteiger partial charge is 0.438 e. The summed E-state index contributed by atoms with van der Waals surface area (Å²) < 4.78 is 35.5. The molecule has 4 rings (SSSR count). The van der Waals surface area contributed by atoms with E-state index >= 15 is 0 Å². The predicted molar refractivity (Wildman–Crippen MR) is 111 cm³/mol. The fourth-order valence-corrected chi connectivity index (χ4v) is 4.55. The van der Waals surface area contributed by atoms with Crippen LogP contribution in [0, 0.1) is 0 Å². The second-order valence-corrected chi connectivity index (χ2v) is 8.37. The number of sulfonamides is 1. The second kappa shape index (κ2) is 8.02. The van der Waals surface area contributed by atoms with Gasteiger partial charge in [-0.1, -0.05) is 12.1 Å². The van der Waals surface area contributed by atoms with Gasteiger partial charge in [-0.15, -0.1) is 10.2 Å². The molecule has 0 bridgehead atoms. The molecule has 0 atom stereocenters. The van der Waals surface area contributed by atoms with Crippen molar-refractivity contribution in [1.82, 2.24) is 19.7 Å². The second-order valence-electron chi connectivity index (χ2n) is 5.86. The van der Waals surface area contributed by atoms with Crippen molar-refractivity contribution >= 4 is 31.6 Å². The van der Waals surface area contributed by atoms with Gasteiger partial charge in [-0.2, -0.15) is 0 Å². The molecule has 146 valence electrons. The molecule has 1 N–H and O–H groups in total. The molecule has 0 unspecified atom stereocenters. The summed E-state index contributed by atoms with van der Waals surface area (Å²) in [6, 6.07) is 16.5. The van der Waals surface area contributed by atoms with Gasteiger partial charge in [0.15, 0.2) is 5.82 Å². The van der Waals surface area contributed by atoms with E-state index in [-0.39, 0.29) is 4.90 Å². The van der Waals surface area contributed by atoms with Gasteiger partial charge in [-0.3, -0.25) is 9.29 Å². The average molecular weight is 472 g/mol. The molecule has 0 aliphatic carbocycles. The fraction of sp³-hybridized carbons (Fsp3) is 0. The third-order valence-corrected chi connectivity index (χ3v) is 6.24. The minimum Gasteiger partial charge on any atom is -0.438 e. The number of hydrogen-bond donors (Lipinski definition) is 1. The number of aromatic nitrogens is 4. The highest BCUT2D eigenvalue weighted by molar-refractivity contribution is 9.10. The average Bonchev–Trinajstić information content (AvgIpc) is 3.25. The van der Waals surface area contributed by atoms with Gasteiger partial charge in [0.1, 0.15) is 17.0 Å².